The molecule has 0 aliphatic carbocycles. The molecule has 0 saturated carbocycles. The Morgan fingerprint density at radius 2 is 1.86 bits per heavy atom. The van der Waals surface area contributed by atoms with Crippen LogP contribution in [-0.2, 0) is 4.79 Å². The van der Waals surface area contributed by atoms with E-state index in [0.717, 1.165) is 84.6 Å². The van der Waals surface area contributed by atoms with Crippen molar-refractivity contribution in [2.24, 2.45) is 0 Å². The van der Waals surface area contributed by atoms with Crippen LogP contribution in [-0.4, -0.2) is 68.6 Å². The Morgan fingerprint density at radius 3 is 2.60 bits per heavy atom. The third-order valence-corrected chi connectivity index (χ3v) is 6.97. The Bertz CT molecular complexity index is 1090. The summed E-state index contributed by atoms with van der Waals surface area (Å²) in [5.41, 5.74) is 2.94. The number of ether oxygens (including phenoxy) is 1. The number of furan rings is 1. The number of unbranched alkanes of at least 4 members (excludes halogenated alkanes) is 2. The molecule has 0 radical (unpaired) electrons. The normalized spacial score (nSPS) is 14.5. The van der Waals surface area contributed by atoms with Gasteiger partial charge in [-0.1, -0.05) is 23.7 Å². The smallest absolute Gasteiger partial charge is 0.236 e. The van der Waals surface area contributed by atoms with Crippen molar-refractivity contribution < 1.29 is 13.9 Å². The van der Waals surface area contributed by atoms with Gasteiger partial charge in [-0.25, -0.2) is 0 Å². The van der Waals surface area contributed by atoms with Crippen LogP contribution >= 0.6 is 11.6 Å². The number of piperidine rings is 1. The molecule has 3 aromatic rings. The van der Waals surface area contributed by atoms with Crippen molar-refractivity contribution in [3.8, 4) is 16.9 Å². The second kappa shape index (κ2) is 12.4. The molecule has 0 spiro atoms. The van der Waals surface area contributed by atoms with E-state index in [4.69, 9.17) is 20.8 Å². The number of hydrogen-bond acceptors (Lipinski definition) is 5. The second-order valence-corrected chi connectivity index (χ2v) is 9.90. The molecule has 1 amide bonds. The summed E-state index contributed by atoms with van der Waals surface area (Å²) in [6.45, 7) is 4.20. The van der Waals surface area contributed by atoms with E-state index in [9.17, 15) is 4.79 Å². The third kappa shape index (κ3) is 7.00. The van der Waals surface area contributed by atoms with Gasteiger partial charge in [0.15, 0.2) is 0 Å². The molecule has 7 heteroatoms. The quantitative estimate of drug-likeness (QED) is 0.357. The van der Waals surface area contributed by atoms with E-state index in [1.165, 1.54) is 0 Å². The number of amides is 1. The Morgan fingerprint density at radius 1 is 1.09 bits per heavy atom. The molecule has 1 N–H and O–H groups in total. The summed E-state index contributed by atoms with van der Waals surface area (Å²) in [5, 5.41) is 5.20. The number of nitrogens with zero attached hydrogens (tertiary/aromatic N) is 2. The highest BCUT2D eigenvalue weighted by molar-refractivity contribution is 6.30. The van der Waals surface area contributed by atoms with Crippen LogP contribution in [0, 0.1) is 0 Å². The minimum Gasteiger partial charge on any atom is -0.493 e. The van der Waals surface area contributed by atoms with Gasteiger partial charge in [-0.2, -0.15) is 0 Å². The summed E-state index contributed by atoms with van der Waals surface area (Å²) in [4.78, 5) is 16.4. The molecule has 2 heterocycles. The third-order valence-electron chi connectivity index (χ3n) is 6.72. The van der Waals surface area contributed by atoms with Crippen LogP contribution in [0.25, 0.3) is 22.1 Å². The van der Waals surface area contributed by atoms with Gasteiger partial charge in [0.2, 0.25) is 5.91 Å². The zero-order valence-corrected chi connectivity index (χ0v) is 21.5. The van der Waals surface area contributed by atoms with Crippen LogP contribution in [0.4, 0.5) is 0 Å². The number of rotatable bonds is 11. The van der Waals surface area contributed by atoms with Crippen molar-refractivity contribution in [1.82, 2.24) is 15.1 Å². The minimum absolute atomic E-state index is 0.180. The van der Waals surface area contributed by atoms with Crippen LogP contribution in [0.5, 0.6) is 5.75 Å². The predicted molar refractivity (Wildman–Crippen MR) is 142 cm³/mol. The SMILES string of the molecule is CN(C)C(=O)CN(CCCCCOc1ccc2c(-c3ccc(Cl)cc3)coc2c1)C1CCNCC1. The molecule has 1 fully saturated rings. The minimum atomic E-state index is 0.180. The molecule has 1 aromatic heterocycles. The van der Waals surface area contributed by atoms with Gasteiger partial charge in [0.25, 0.3) is 0 Å². The number of fused-ring (bicyclic) bond motifs is 1. The van der Waals surface area contributed by atoms with Crippen LogP contribution < -0.4 is 10.1 Å². The average Bonchev–Trinajstić information content (AvgIpc) is 3.29. The zero-order valence-electron chi connectivity index (χ0n) is 20.8. The van der Waals surface area contributed by atoms with Crippen molar-refractivity contribution in [3.05, 3.63) is 53.8 Å². The summed E-state index contributed by atoms with van der Waals surface area (Å²) in [6, 6.07) is 14.3. The lowest BCUT2D eigenvalue weighted by Crippen LogP contribution is -2.47. The lowest BCUT2D eigenvalue weighted by atomic mass is 10.0. The highest BCUT2D eigenvalue weighted by Crippen LogP contribution is 2.33. The average molecular weight is 498 g/mol. The molecule has 0 bridgehead atoms. The molecule has 0 unspecified atom stereocenters. The standard InChI is InChI=1S/C28H36ClN3O3/c1-31(2)28(33)19-32(23-12-14-30-15-13-23)16-4-3-5-17-34-24-10-11-25-26(20-35-27(25)18-24)21-6-8-22(29)9-7-21/h6-11,18,20,23,30H,3-5,12-17,19H2,1-2H3. The lowest BCUT2D eigenvalue weighted by molar-refractivity contribution is -0.130. The second-order valence-electron chi connectivity index (χ2n) is 9.46. The topological polar surface area (TPSA) is 58.0 Å². The summed E-state index contributed by atoms with van der Waals surface area (Å²) >= 11 is 6.01. The molecule has 4 rings (SSSR count). The molecular weight excluding hydrogens is 462 g/mol. The molecule has 35 heavy (non-hydrogen) atoms. The van der Waals surface area contributed by atoms with Crippen molar-refractivity contribution in [2.75, 3.05) is 46.9 Å². The monoisotopic (exact) mass is 497 g/mol. The fourth-order valence-electron chi connectivity index (χ4n) is 4.61. The summed E-state index contributed by atoms with van der Waals surface area (Å²) in [7, 11) is 3.66. The molecule has 0 atom stereocenters. The van der Waals surface area contributed by atoms with Crippen LogP contribution in [0.3, 0.4) is 0 Å². The molecule has 2 aromatic carbocycles. The molecule has 6 nitrogen and oxygen atoms in total. The van der Waals surface area contributed by atoms with E-state index < -0.39 is 0 Å². The maximum absolute atomic E-state index is 12.3. The first-order valence-corrected chi connectivity index (χ1v) is 12.9. The Kier molecular flexibility index (Phi) is 9.07. The van der Waals surface area contributed by atoms with E-state index in [-0.39, 0.29) is 5.91 Å². The Hall–Kier alpha value is -2.54. The number of carbonyl (C=O) groups excluding carboxylic acids is 1. The maximum atomic E-state index is 12.3. The largest absolute Gasteiger partial charge is 0.493 e. The summed E-state index contributed by atoms with van der Waals surface area (Å²) in [5.74, 6) is 1.00. The van der Waals surface area contributed by atoms with E-state index in [2.05, 4.69) is 16.3 Å². The Labute approximate surface area is 213 Å². The van der Waals surface area contributed by atoms with Crippen molar-refractivity contribution >= 4 is 28.5 Å². The molecule has 1 aliphatic heterocycles. The fourth-order valence-corrected chi connectivity index (χ4v) is 4.74. The number of nitrogens with one attached hydrogen (secondary N) is 1. The first-order valence-electron chi connectivity index (χ1n) is 12.6. The van der Waals surface area contributed by atoms with E-state index in [0.29, 0.717) is 19.2 Å². The first-order chi connectivity index (χ1) is 17.0. The lowest BCUT2D eigenvalue weighted by Gasteiger charge is -2.34. The van der Waals surface area contributed by atoms with Gasteiger partial charge >= 0.3 is 0 Å². The first kappa shape index (κ1) is 25.5. The van der Waals surface area contributed by atoms with Crippen molar-refractivity contribution in [3.63, 3.8) is 0 Å². The predicted octanol–water partition coefficient (Wildman–Crippen LogP) is 5.44. The summed E-state index contributed by atoms with van der Waals surface area (Å²) < 4.78 is 11.8. The van der Waals surface area contributed by atoms with Crippen LogP contribution in [0.15, 0.2) is 53.1 Å². The van der Waals surface area contributed by atoms with Gasteiger partial charge in [0.1, 0.15) is 11.3 Å². The van der Waals surface area contributed by atoms with Gasteiger partial charge in [0.05, 0.1) is 19.4 Å². The molecular formula is C28H36ClN3O3. The van der Waals surface area contributed by atoms with Gasteiger partial charge in [-0.15, -0.1) is 0 Å². The fraction of sp³-hybridized carbons (Fsp3) is 0.464. The highest BCUT2D eigenvalue weighted by Gasteiger charge is 2.23. The van der Waals surface area contributed by atoms with E-state index in [1.807, 2.05) is 50.5 Å². The maximum Gasteiger partial charge on any atom is 0.236 e. The number of carbonyl (C=O) groups is 1. The van der Waals surface area contributed by atoms with Gasteiger partial charge in [-0.05, 0) is 81.6 Å². The zero-order chi connectivity index (χ0) is 24.6. The van der Waals surface area contributed by atoms with Gasteiger partial charge in [0, 0.05) is 42.2 Å². The van der Waals surface area contributed by atoms with Crippen LogP contribution in [0.2, 0.25) is 5.02 Å². The number of benzene rings is 2. The van der Waals surface area contributed by atoms with E-state index in [1.54, 1.807) is 11.2 Å². The van der Waals surface area contributed by atoms with Crippen molar-refractivity contribution in [2.45, 2.75) is 38.1 Å². The molecule has 1 saturated heterocycles. The van der Waals surface area contributed by atoms with Crippen LogP contribution in [0.1, 0.15) is 32.1 Å². The van der Waals surface area contributed by atoms with Crippen molar-refractivity contribution in [1.29, 1.82) is 0 Å². The number of hydrogen-bond donors (Lipinski definition) is 1. The van der Waals surface area contributed by atoms with Gasteiger partial charge in [-0.3, -0.25) is 9.69 Å². The summed E-state index contributed by atoms with van der Waals surface area (Å²) in [6.07, 6.45) is 7.12. The molecule has 188 valence electrons. The van der Waals surface area contributed by atoms with Gasteiger partial charge < -0.3 is 19.4 Å². The Balaban J connectivity index is 1.24. The van der Waals surface area contributed by atoms with E-state index >= 15 is 0 Å². The molecule has 1 aliphatic rings. The number of likely N-dealkylation sites (N-methyl/N-ethyl adjacent to an activating group) is 1. The highest BCUT2D eigenvalue weighted by atomic mass is 35.5. The number of halogens is 1.